The van der Waals surface area contributed by atoms with E-state index in [1.54, 1.807) is 13.8 Å². The minimum atomic E-state index is -1.07. The molecule has 0 radical (unpaired) electrons. The molecule has 0 saturated carbocycles. The number of benzene rings is 1. The molecular formula is C18H28N2O3. The second-order valence-electron chi connectivity index (χ2n) is 6.61. The summed E-state index contributed by atoms with van der Waals surface area (Å²) in [5.41, 5.74) is 2.15. The highest BCUT2D eigenvalue weighted by Crippen LogP contribution is 2.18. The molecular weight excluding hydrogens is 292 g/mol. The van der Waals surface area contributed by atoms with Gasteiger partial charge < -0.3 is 10.4 Å². The quantitative estimate of drug-likeness (QED) is 0.841. The van der Waals surface area contributed by atoms with Gasteiger partial charge in [0, 0.05) is 6.04 Å². The molecule has 1 aromatic carbocycles. The first-order valence-corrected chi connectivity index (χ1v) is 8.03. The summed E-state index contributed by atoms with van der Waals surface area (Å²) in [5.74, 6) is -0.372. The lowest BCUT2D eigenvalue weighted by Crippen LogP contribution is -2.54. The molecule has 0 spiro atoms. The van der Waals surface area contributed by atoms with Crippen LogP contribution in [0, 0.1) is 12.8 Å². The van der Waals surface area contributed by atoms with Crippen LogP contribution in [-0.2, 0) is 4.79 Å². The normalized spacial score (nSPS) is 13.7. The van der Waals surface area contributed by atoms with Gasteiger partial charge in [0.15, 0.2) is 0 Å². The average Bonchev–Trinajstić information content (AvgIpc) is 2.43. The van der Waals surface area contributed by atoms with Crippen LogP contribution in [0.2, 0.25) is 0 Å². The first-order valence-electron chi connectivity index (χ1n) is 8.03. The molecule has 23 heavy (non-hydrogen) atoms. The highest BCUT2D eigenvalue weighted by atomic mass is 16.4. The molecule has 0 bridgehead atoms. The van der Waals surface area contributed by atoms with E-state index in [2.05, 4.69) is 5.32 Å². The van der Waals surface area contributed by atoms with Gasteiger partial charge in [-0.05, 0) is 39.2 Å². The molecule has 0 aliphatic carbocycles. The van der Waals surface area contributed by atoms with Crippen molar-refractivity contribution in [2.75, 3.05) is 0 Å². The Morgan fingerprint density at radius 3 is 1.96 bits per heavy atom. The van der Waals surface area contributed by atoms with Gasteiger partial charge in [0.1, 0.15) is 6.04 Å². The van der Waals surface area contributed by atoms with Gasteiger partial charge in [0.05, 0.1) is 6.04 Å². The molecule has 128 valence electrons. The van der Waals surface area contributed by atoms with Gasteiger partial charge in [-0.1, -0.05) is 43.7 Å². The van der Waals surface area contributed by atoms with Gasteiger partial charge in [-0.15, -0.1) is 0 Å². The van der Waals surface area contributed by atoms with E-state index in [1.807, 2.05) is 52.0 Å². The summed E-state index contributed by atoms with van der Waals surface area (Å²) in [6.45, 7) is 11.2. The third-order valence-electron chi connectivity index (χ3n) is 3.91. The van der Waals surface area contributed by atoms with Crippen LogP contribution in [0.1, 0.15) is 51.8 Å². The second kappa shape index (κ2) is 7.99. The highest BCUT2D eigenvalue weighted by Gasteiger charge is 2.34. The summed E-state index contributed by atoms with van der Waals surface area (Å²) in [5, 5.41) is 12.4. The van der Waals surface area contributed by atoms with Crippen molar-refractivity contribution in [1.82, 2.24) is 10.2 Å². The molecule has 2 unspecified atom stereocenters. The Labute approximate surface area is 138 Å². The lowest BCUT2D eigenvalue weighted by Gasteiger charge is -2.34. The fourth-order valence-electron chi connectivity index (χ4n) is 2.65. The SMILES string of the molecule is Cc1ccc(C(C)NC(=O)C(C(C)C)N(C(=O)O)C(C)C)cc1. The molecule has 0 saturated heterocycles. The molecule has 5 heteroatoms. The topological polar surface area (TPSA) is 69.6 Å². The molecule has 2 atom stereocenters. The maximum absolute atomic E-state index is 12.7. The summed E-state index contributed by atoms with van der Waals surface area (Å²) in [6, 6.07) is 6.79. The predicted molar refractivity (Wildman–Crippen MR) is 91.4 cm³/mol. The van der Waals surface area contributed by atoms with Crippen LogP contribution in [0.4, 0.5) is 4.79 Å². The standard InChI is InChI=1S/C18H28N2O3/c1-11(2)16(20(12(3)4)18(22)23)17(21)19-14(6)15-9-7-13(5)8-10-15/h7-12,14,16H,1-6H3,(H,19,21)(H,22,23). The van der Waals surface area contributed by atoms with Crippen molar-refractivity contribution in [2.24, 2.45) is 5.92 Å². The molecule has 2 amide bonds. The fourth-order valence-corrected chi connectivity index (χ4v) is 2.65. The molecule has 0 aliphatic rings. The number of aryl methyl sites for hydroxylation is 1. The lowest BCUT2D eigenvalue weighted by molar-refractivity contribution is -0.128. The second-order valence-corrected chi connectivity index (χ2v) is 6.61. The summed E-state index contributed by atoms with van der Waals surface area (Å²) < 4.78 is 0. The van der Waals surface area contributed by atoms with Gasteiger partial charge in [0.2, 0.25) is 5.91 Å². The fraction of sp³-hybridized carbons (Fsp3) is 0.556. The largest absolute Gasteiger partial charge is 0.465 e. The van der Waals surface area contributed by atoms with Crippen LogP contribution >= 0.6 is 0 Å². The molecule has 0 aromatic heterocycles. The number of hydrogen-bond acceptors (Lipinski definition) is 2. The van der Waals surface area contributed by atoms with Crippen molar-refractivity contribution in [3.8, 4) is 0 Å². The molecule has 1 aromatic rings. The van der Waals surface area contributed by atoms with E-state index >= 15 is 0 Å². The smallest absolute Gasteiger partial charge is 0.408 e. The van der Waals surface area contributed by atoms with Crippen LogP contribution in [0.15, 0.2) is 24.3 Å². The third-order valence-corrected chi connectivity index (χ3v) is 3.91. The molecule has 2 N–H and O–H groups in total. The Morgan fingerprint density at radius 2 is 1.57 bits per heavy atom. The summed E-state index contributed by atoms with van der Waals surface area (Å²) >= 11 is 0. The number of carbonyl (C=O) groups is 2. The Kier molecular flexibility index (Phi) is 6.61. The summed E-state index contributed by atoms with van der Waals surface area (Å²) in [4.78, 5) is 25.4. The number of amides is 2. The minimum Gasteiger partial charge on any atom is -0.465 e. The van der Waals surface area contributed by atoms with Crippen LogP contribution in [0.5, 0.6) is 0 Å². The van der Waals surface area contributed by atoms with Gasteiger partial charge in [0.25, 0.3) is 0 Å². The first kappa shape index (κ1) is 19.0. The number of nitrogens with zero attached hydrogens (tertiary/aromatic N) is 1. The number of carboxylic acid groups (broad SMARTS) is 1. The first-order chi connectivity index (χ1) is 10.6. The summed E-state index contributed by atoms with van der Waals surface area (Å²) in [6.07, 6.45) is -1.07. The third kappa shape index (κ3) is 4.98. The highest BCUT2D eigenvalue weighted by molar-refractivity contribution is 5.86. The zero-order valence-electron chi connectivity index (χ0n) is 14.8. The van der Waals surface area contributed by atoms with E-state index in [1.165, 1.54) is 4.90 Å². The molecule has 0 fully saturated rings. The van der Waals surface area contributed by atoms with Gasteiger partial charge in [-0.2, -0.15) is 0 Å². The van der Waals surface area contributed by atoms with E-state index < -0.39 is 12.1 Å². The Balaban J connectivity index is 2.93. The van der Waals surface area contributed by atoms with Crippen molar-refractivity contribution in [2.45, 2.75) is 59.7 Å². The molecule has 0 aliphatic heterocycles. The average molecular weight is 320 g/mol. The van der Waals surface area contributed by atoms with Crippen LogP contribution < -0.4 is 5.32 Å². The minimum absolute atomic E-state index is 0.112. The van der Waals surface area contributed by atoms with Crippen molar-refractivity contribution in [3.63, 3.8) is 0 Å². The Morgan fingerprint density at radius 1 is 1.04 bits per heavy atom. The zero-order valence-corrected chi connectivity index (χ0v) is 14.8. The molecule has 0 heterocycles. The monoisotopic (exact) mass is 320 g/mol. The van der Waals surface area contributed by atoms with Crippen molar-refractivity contribution >= 4 is 12.0 Å². The number of rotatable bonds is 6. The van der Waals surface area contributed by atoms with Crippen molar-refractivity contribution in [3.05, 3.63) is 35.4 Å². The number of carbonyl (C=O) groups excluding carboxylic acids is 1. The van der Waals surface area contributed by atoms with Gasteiger partial charge in [-0.25, -0.2) is 4.79 Å². The van der Waals surface area contributed by atoms with Crippen LogP contribution in [-0.4, -0.2) is 34.1 Å². The van der Waals surface area contributed by atoms with Gasteiger partial charge >= 0.3 is 6.09 Å². The zero-order chi connectivity index (χ0) is 17.7. The van der Waals surface area contributed by atoms with Crippen LogP contribution in [0.3, 0.4) is 0 Å². The maximum atomic E-state index is 12.7. The van der Waals surface area contributed by atoms with E-state index in [-0.39, 0.29) is 23.9 Å². The van der Waals surface area contributed by atoms with E-state index in [0.717, 1.165) is 11.1 Å². The molecule has 5 nitrogen and oxygen atoms in total. The van der Waals surface area contributed by atoms with E-state index in [0.29, 0.717) is 0 Å². The van der Waals surface area contributed by atoms with Crippen molar-refractivity contribution < 1.29 is 14.7 Å². The number of hydrogen-bond donors (Lipinski definition) is 2. The maximum Gasteiger partial charge on any atom is 0.408 e. The number of nitrogens with one attached hydrogen (secondary N) is 1. The Hall–Kier alpha value is -2.04. The predicted octanol–water partition coefficient (Wildman–Crippen LogP) is 3.59. The summed E-state index contributed by atoms with van der Waals surface area (Å²) in [7, 11) is 0. The van der Waals surface area contributed by atoms with Gasteiger partial charge in [-0.3, -0.25) is 9.69 Å². The van der Waals surface area contributed by atoms with E-state index in [9.17, 15) is 14.7 Å². The van der Waals surface area contributed by atoms with E-state index in [4.69, 9.17) is 0 Å². The Bertz CT molecular complexity index is 538. The van der Waals surface area contributed by atoms with Crippen molar-refractivity contribution in [1.29, 1.82) is 0 Å². The van der Waals surface area contributed by atoms with Crippen LogP contribution in [0.25, 0.3) is 0 Å². The lowest BCUT2D eigenvalue weighted by atomic mass is 9.99. The molecule has 1 rings (SSSR count).